The number of ether oxygens (including phenoxy) is 1. The van der Waals surface area contributed by atoms with E-state index in [0.29, 0.717) is 32.7 Å². The van der Waals surface area contributed by atoms with Crippen LogP contribution in [0.4, 0.5) is 5.69 Å². The van der Waals surface area contributed by atoms with Gasteiger partial charge in [0.15, 0.2) is 20.4 Å². The van der Waals surface area contributed by atoms with Crippen LogP contribution in [0.25, 0.3) is 0 Å². The summed E-state index contributed by atoms with van der Waals surface area (Å²) in [6.07, 6.45) is 11.0. The number of nitrogens with zero attached hydrogens (tertiary/aromatic N) is 2. The first-order valence-electron chi connectivity index (χ1n) is 16.1. The van der Waals surface area contributed by atoms with Crippen molar-refractivity contribution >= 4 is 39.3 Å². The summed E-state index contributed by atoms with van der Waals surface area (Å²) in [5.74, 6) is -0.473. The fourth-order valence-corrected chi connectivity index (χ4v) is 8.10. The Morgan fingerprint density at radius 2 is 1.78 bits per heavy atom. The molecule has 9 nitrogen and oxygen atoms in total. The highest BCUT2D eigenvalue weighted by molar-refractivity contribution is 7.94. The summed E-state index contributed by atoms with van der Waals surface area (Å²) in [4.78, 5) is 31.0. The number of anilines is 1. The number of hydrogen-bond acceptors (Lipinski definition) is 9. The zero-order valence-corrected chi connectivity index (χ0v) is 30.0. The van der Waals surface area contributed by atoms with Crippen molar-refractivity contribution in [3.8, 4) is 0 Å². The van der Waals surface area contributed by atoms with Crippen LogP contribution in [0.5, 0.6) is 0 Å². The van der Waals surface area contributed by atoms with Crippen molar-refractivity contribution in [2.24, 2.45) is 5.92 Å². The first kappa shape index (κ1) is 39.0. The number of allylic oxidation sites excluding steroid dienone is 4. The summed E-state index contributed by atoms with van der Waals surface area (Å²) in [5, 5.41) is 0. The van der Waals surface area contributed by atoms with Gasteiger partial charge in [0.05, 0.1) is 11.5 Å². The number of amides is 1. The Balaban J connectivity index is 2.27. The number of methoxy groups -OCH3 is 1. The summed E-state index contributed by atoms with van der Waals surface area (Å²) in [6, 6.07) is 6.86. The smallest absolute Gasteiger partial charge is 0.266 e. The average Bonchev–Trinajstić information content (AvgIpc) is 3.29. The quantitative estimate of drug-likeness (QED) is 0.0805. The molecule has 1 fully saturated rings. The topological polar surface area (TPSA) is 105 Å². The molecule has 1 saturated heterocycles. The van der Waals surface area contributed by atoms with Crippen LogP contribution < -0.4 is 10.4 Å². The Morgan fingerprint density at radius 1 is 1.07 bits per heavy atom. The highest BCUT2D eigenvalue weighted by Crippen LogP contribution is 2.36. The summed E-state index contributed by atoms with van der Waals surface area (Å²) in [7, 11) is -0.601. The number of sulfone groups is 1. The minimum Gasteiger partial charge on any atom is -0.383 e. The summed E-state index contributed by atoms with van der Waals surface area (Å²) in [6.45, 7) is 11.0. The number of nitrogens with one attached hydrogen (secondary N) is 1. The van der Waals surface area contributed by atoms with Crippen molar-refractivity contribution in [2.75, 3.05) is 58.1 Å². The van der Waals surface area contributed by atoms with Crippen LogP contribution in [0.1, 0.15) is 79.1 Å². The number of likely N-dealkylation sites (N-methyl/N-ethyl adjacent to an activating group) is 1. The number of benzene rings is 1. The first-order chi connectivity index (χ1) is 21.5. The molecule has 0 bridgehead atoms. The van der Waals surface area contributed by atoms with E-state index in [9.17, 15) is 18.0 Å². The zero-order chi connectivity index (χ0) is 33.5. The minimum atomic E-state index is -4.10. The molecule has 2 unspecified atom stereocenters. The Hall–Kier alpha value is -2.18. The van der Waals surface area contributed by atoms with Crippen molar-refractivity contribution in [1.82, 2.24) is 10.4 Å². The molecule has 2 atom stereocenters. The monoisotopic (exact) mass is 665 g/mol. The van der Waals surface area contributed by atoms with Gasteiger partial charge >= 0.3 is 0 Å². The molecule has 0 saturated carbocycles. The summed E-state index contributed by atoms with van der Waals surface area (Å²) < 4.78 is 37.2. The van der Waals surface area contributed by atoms with Gasteiger partial charge in [-0.25, -0.2) is 18.2 Å². The normalized spacial score (nSPS) is 18.0. The lowest BCUT2D eigenvalue weighted by atomic mass is 9.91. The van der Waals surface area contributed by atoms with Crippen molar-refractivity contribution in [3.63, 3.8) is 0 Å². The van der Waals surface area contributed by atoms with Gasteiger partial charge in [-0.05, 0) is 95.8 Å². The first-order valence-corrected chi connectivity index (χ1v) is 18.8. The lowest BCUT2D eigenvalue weighted by Crippen LogP contribution is -2.53. The molecule has 0 spiro atoms. The number of rotatable bonds is 19. The van der Waals surface area contributed by atoms with Crippen molar-refractivity contribution in [1.29, 1.82) is 0 Å². The number of ketones is 1. The summed E-state index contributed by atoms with van der Waals surface area (Å²) >= 11 is 0.948. The van der Waals surface area contributed by atoms with Gasteiger partial charge in [0.2, 0.25) is 0 Å². The molecular weight excluding hydrogens is 611 g/mol. The van der Waals surface area contributed by atoms with Crippen molar-refractivity contribution in [3.05, 3.63) is 47.6 Å². The Kier molecular flexibility index (Phi) is 16.9. The van der Waals surface area contributed by atoms with Gasteiger partial charge < -0.3 is 14.5 Å². The summed E-state index contributed by atoms with van der Waals surface area (Å²) in [5.41, 5.74) is 5.35. The molecule has 0 aromatic heterocycles. The van der Waals surface area contributed by atoms with Crippen LogP contribution in [0.3, 0.4) is 0 Å². The standard InChI is InChI=1S/C34H55N3O6S2/c1-8-11-27(3)13-14-28(4)32(38)29-12-10-22-37(23-19-29)30-15-17-31(18-16-30)45(40,41)34(20-9-2,33(39)35-43-44-7)21-24-36(5)25-26-42-6/h13-18,29H,8-12,19-26H2,1-7H3,(H,35,39)/b27-13+,28-14+. The second-order valence-electron chi connectivity index (χ2n) is 12.1. The van der Waals surface area contributed by atoms with Gasteiger partial charge in [-0.2, -0.15) is 0 Å². The third kappa shape index (κ3) is 10.9. The lowest BCUT2D eigenvalue weighted by molar-refractivity contribution is -0.130. The van der Waals surface area contributed by atoms with Crippen molar-refractivity contribution < 1.29 is 27.0 Å². The van der Waals surface area contributed by atoms with E-state index in [1.165, 1.54) is 5.57 Å². The van der Waals surface area contributed by atoms with Gasteiger partial charge in [-0.3, -0.25) is 9.59 Å². The molecule has 254 valence electrons. The molecule has 11 heteroatoms. The highest BCUT2D eigenvalue weighted by atomic mass is 32.2. The Bertz CT molecular complexity index is 1250. The van der Waals surface area contributed by atoms with Crippen LogP contribution in [0, 0.1) is 5.92 Å². The van der Waals surface area contributed by atoms with E-state index in [0.717, 1.165) is 62.0 Å². The zero-order valence-electron chi connectivity index (χ0n) is 28.4. The highest BCUT2D eigenvalue weighted by Gasteiger charge is 2.50. The second kappa shape index (κ2) is 19.5. The maximum atomic E-state index is 14.3. The lowest BCUT2D eigenvalue weighted by Gasteiger charge is -2.33. The maximum absolute atomic E-state index is 14.3. The molecule has 1 aliphatic rings. The number of carbonyl (C=O) groups excluding carboxylic acids is 2. The van der Waals surface area contributed by atoms with Gasteiger partial charge in [-0.15, -0.1) is 0 Å². The molecular formula is C34H55N3O6S2. The fourth-order valence-electron chi connectivity index (χ4n) is 5.88. The molecule has 2 rings (SSSR count). The molecule has 0 aliphatic carbocycles. The van der Waals surface area contributed by atoms with Crippen LogP contribution in [0.2, 0.25) is 0 Å². The SMILES string of the molecule is CCC/C(C)=C/C=C(\C)C(=O)C1CCCN(c2ccc(S(=O)(=O)C(CCC)(CCN(C)CCOC)C(=O)NOSC)cc2)CC1. The molecule has 1 amide bonds. The van der Waals surface area contributed by atoms with E-state index in [1.807, 2.05) is 44.0 Å². The largest absolute Gasteiger partial charge is 0.383 e. The van der Waals surface area contributed by atoms with Gasteiger partial charge in [-0.1, -0.05) is 44.4 Å². The van der Waals surface area contributed by atoms with E-state index in [-0.39, 0.29) is 29.4 Å². The van der Waals surface area contributed by atoms with Gasteiger partial charge in [0.1, 0.15) is 0 Å². The Labute approximate surface area is 276 Å². The Morgan fingerprint density at radius 3 is 2.40 bits per heavy atom. The maximum Gasteiger partial charge on any atom is 0.266 e. The minimum absolute atomic E-state index is 0.0236. The molecule has 1 aliphatic heterocycles. The van der Waals surface area contributed by atoms with Crippen LogP contribution in [-0.4, -0.2) is 83.0 Å². The van der Waals surface area contributed by atoms with Crippen LogP contribution >= 0.6 is 12.0 Å². The van der Waals surface area contributed by atoms with E-state index in [4.69, 9.17) is 9.02 Å². The predicted octanol–water partition coefficient (Wildman–Crippen LogP) is 6.16. The third-order valence-electron chi connectivity index (χ3n) is 8.64. The second-order valence-corrected chi connectivity index (χ2v) is 14.8. The number of hydroxylamine groups is 1. The average molecular weight is 666 g/mol. The predicted molar refractivity (Wildman–Crippen MR) is 185 cm³/mol. The number of carbonyl (C=O) groups is 2. The van der Waals surface area contributed by atoms with Crippen molar-refractivity contribution in [2.45, 2.75) is 88.7 Å². The van der Waals surface area contributed by atoms with Crippen LogP contribution in [-0.2, 0) is 28.4 Å². The van der Waals surface area contributed by atoms with Gasteiger partial charge in [0.25, 0.3) is 5.91 Å². The molecule has 45 heavy (non-hydrogen) atoms. The van der Waals surface area contributed by atoms with E-state index in [1.54, 1.807) is 25.5 Å². The van der Waals surface area contributed by atoms with E-state index in [2.05, 4.69) is 30.3 Å². The molecule has 1 aromatic rings. The van der Waals surface area contributed by atoms with E-state index >= 15 is 0 Å². The third-order valence-corrected chi connectivity index (χ3v) is 11.4. The molecule has 0 radical (unpaired) electrons. The molecule has 1 aromatic carbocycles. The number of Topliss-reactive ketones (excluding diaryl/α,β-unsaturated/α-hetero) is 1. The number of hydrogen-bond donors (Lipinski definition) is 1. The fraction of sp³-hybridized carbons (Fsp3) is 0.647. The molecule has 1 heterocycles. The van der Waals surface area contributed by atoms with E-state index < -0.39 is 20.5 Å². The van der Waals surface area contributed by atoms with Crippen LogP contribution in [0.15, 0.2) is 52.5 Å². The molecule has 1 N–H and O–H groups in total. The van der Waals surface area contributed by atoms with Gasteiger partial charge in [0, 0.05) is 56.6 Å².